The van der Waals surface area contributed by atoms with Gasteiger partial charge in [-0.25, -0.2) is 0 Å². The molecule has 1 saturated heterocycles. The summed E-state index contributed by atoms with van der Waals surface area (Å²) in [7, 11) is 5.16. The minimum absolute atomic E-state index is 0.0100. The third-order valence-electron chi connectivity index (χ3n) is 3.24. The largest absolute Gasteiger partial charge is 0.467 e. The van der Waals surface area contributed by atoms with Gasteiger partial charge in [-0.05, 0) is 12.8 Å². The summed E-state index contributed by atoms with van der Waals surface area (Å²) in [6.45, 7) is 1.54. The highest BCUT2D eigenvalue weighted by Crippen LogP contribution is 2.15. The van der Waals surface area contributed by atoms with Crippen LogP contribution in [0.4, 0.5) is 5.95 Å². The number of hydrogen-bond donors (Lipinski definition) is 1. The molecule has 1 aromatic rings. The Bertz CT molecular complexity index is 489. The molecule has 1 N–H and O–H groups in total. The molecule has 1 fully saturated rings. The van der Waals surface area contributed by atoms with Crippen LogP contribution in [0.15, 0.2) is 0 Å². The minimum Gasteiger partial charge on any atom is -0.467 e. The van der Waals surface area contributed by atoms with Crippen molar-refractivity contribution in [1.82, 2.24) is 20.3 Å². The first-order valence-corrected chi connectivity index (χ1v) is 6.92. The first-order valence-electron chi connectivity index (χ1n) is 6.92. The normalized spacial score (nSPS) is 15.6. The van der Waals surface area contributed by atoms with Crippen molar-refractivity contribution in [2.75, 3.05) is 39.3 Å². The van der Waals surface area contributed by atoms with E-state index in [1.54, 1.807) is 4.90 Å². The van der Waals surface area contributed by atoms with Crippen LogP contribution < -0.4 is 15.0 Å². The summed E-state index contributed by atoms with van der Waals surface area (Å²) in [5.41, 5.74) is 0. The third kappa shape index (κ3) is 4.25. The fraction of sp³-hybridized carbons (Fsp3) is 0.692. The lowest BCUT2D eigenvalue weighted by Gasteiger charge is -2.21. The molecule has 2 rings (SSSR count). The van der Waals surface area contributed by atoms with Crippen LogP contribution in [0.3, 0.4) is 0 Å². The number of methoxy groups -OCH3 is 1. The molecule has 0 radical (unpaired) electrons. The first kappa shape index (κ1) is 15.4. The van der Waals surface area contributed by atoms with E-state index < -0.39 is 0 Å². The predicted octanol–water partition coefficient (Wildman–Crippen LogP) is -0.0110. The molecule has 0 atom stereocenters. The highest BCUT2D eigenvalue weighted by Gasteiger charge is 2.21. The molecule has 21 heavy (non-hydrogen) atoms. The summed E-state index contributed by atoms with van der Waals surface area (Å²) < 4.78 is 10.3. The molecule has 1 amide bonds. The second kappa shape index (κ2) is 7.16. The Kier molecular flexibility index (Phi) is 5.26. The number of carbonyl (C=O) groups excluding carboxylic acids is 1. The monoisotopic (exact) mass is 295 g/mol. The number of amides is 1. The van der Waals surface area contributed by atoms with Crippen molar-refractivity contribution in [3.05, 3.63) is 5.82 Å². The first-order chi connectivity index (χ1) is 10.1. The Labute approximate surface area is 123 Å². The maximum Gasteiger partial charge on any atom is 0.321 e. The van der Waals surface area contributed by atoms with Gasteiger partial charge in [0, 0.05) is 33.2 Å². The lowest BCUT2D eigenvalue weighted by atomic mass is 9.99. The van der Waals surface area contributed by atoms with E-state index >= 15 is 0 Å². The van der Waals surface area contributed by atoms with Gasteiger partial charge in [-0.2, -0.15) is 15.0 Å². The standard InChI is InChI=1S/C13H21N5O3/c1-18(2)12-15-10(16-13(17-12)20-3)8-14-11(19)9-4-6-21-7-5-9/h9H,4-8H2,1-3H3,(H,14,19). The van der Waals surface area contributed by atoms with E-state index in [0.717, 1.165) is 12.8 Å². The molecule has 0 saturated carbocycles. The van der Waals surface area contributed by atoms with Crippen LogP contribution >= 0.6 is 0 Å². The topological polar surface area (TPSA) is 89.5 Å². The van der Waals surface area contributed by atoms with Crippen LogP contribution in [0.1, 0.15) is 18.7 Å². The van der Waals surface area contributed by atoms with Crippen molar-refractivity contribution in [2.45, 2.75) is 19.4 Å². The van der Waals surface area contributed by atoms with Crippen LogP contribution in [0.2, 0.25) is 0 Å². The maximum absolute atomic E-state index is 12.1. The molecule has 0 aliphatic carbocycles. The fourth-order valence-corrected chi connectivity index (χ4v) is 2.03. The summed E-state index contributed by atoms with van der Waals surface area (Å²) in [5, 5.41) is 2.86. The second-order valence-corrected chi connectivity index (χ2v) is 5.04. The van der Waals surface area contributed by atoms with Crippen LogP contribution in [-0.4, -0.2) is 55.3 Å². The summed E-state index contributed by atoms with van der Waals surface area (Å²) in [4.78, 5) is 26.4. The van der Waals surface area contributed by atoms with E-state index in [0.29, 0.717) is 25.0 Å². The van der Waals surface area contributed by atoms with Gasteiger partial charge in [-0.15, -0.1) is 0 Å². The van der Waals surface area contributed by atoms with E-state index in [9.17, 15) is 4.79 Å². The van der Waals surface area contributed by atoms with Crippen LogP contribution in [0, 0.1) is 5.92 Å². The van der Waals surface area contributed by atoms with Gasteiger partial charge in [0.1, 0.15) is 0 Å². The molecule has 1 aromatic heterocycles. The van der Waals surface area contributed by atoms with E-state index in [1.807, 2.05) is 14.1 Å². The SMILES string of the molecule is COc1nc(CNC(=O)C2CCOCC2)nc(N(C)C)n1. The lowest BCUT2D eigenvalue weighted by molar-refractivity contribution is -0.128. The number of hydrogen-bond acceptors (Lipinski definition) is 7. The number of nitrogens with one attached hydrogen (secondary N) is 1. The fourth-order valence-electron chi connectivity index (χ4n) is 2.03. The average molecular weight is 295 g/mol. The summed E-state index contributed by atoms with van der Waals surface area (Å²) in [6, 6.07) is 0.240. The Balaban J connectivity index is 1.98. The molecule has 1 aliphatic rings. The Hall–Kier alpha value is -1.96. The quantitative estimate of drug-likeness (QED) is 0.817. The maximum atomic E-state index is 12.1. The highest BCUT2D eigenvalue weighted by atomic mass is 16.5. The molecule has 0 spiro atoms. The molecule has 0 aromatic carbocycles. The van der Waals surface area contributed by atoms with Crippen molar-refractivity contribution in [1.29, 1.82) is 0 Å². The van der Waals surface area contributed by atoms with E-state index in [2.05, 4.69) is 20.3 Å². The molecular formula is C13H21N5O3. The Morgan fingerprint density at radius 1 is 1.33 bits per heavy atom. The van der Waals surface area contributed by atoms with E-state index in [1.165, 1.54) is 7.11 Å². The molecule has 8 heteroatoms. The van der Waals surface area contributed by atoms with Gasteiger partial charge in [0.05, 0.1) is 13.7 Å². The van der Waals surface area contributed by atoms with Crippen molar-refractivity contribution in [2.24, 2.45) is 5.92 Å². The van der Waals surface area contributed by atoms with Gasteiger partial charge in [-0.3, -0.25) is 4.79 Å². The van der Waals surface area contributed by atoms with Crippen molar-refractivity contribution >= 4 is 11.9 Å². The second-order valence-electron chi connectivity index (χ2n) is 5.04. The highest BCUT2D eigenvalue weighted by molar-refractivity contribution is 5.78. The van der Waals surface area contributed by atoms with Gasteiger partial charge in [0.25, 0.3) is 0 Å². The van der Waals surface area contributed by atoms with Crippen molar-refractivity contribution < 1.29 is 14.3 Å². The van der Waals surface area contributed by atoms with Crippen molar-refractivity contribution in [3.8, 4) is 6.01 Å². The summed E-state index contributed by atoms with van der Waals surface area (Å²) >= 11 is 0. The molecule has 8 nitrogen and oxygen atoms in total. The van der Waals surface area contributed by atoms with Crippen molar-refractivity contribution in [3.63, 3.8) is 0 Å². The molecule has 116 valence electrons. The van der Waals surface area contributed by atoms with Gasteiger partial charge in [0.15, 0.2) is 5.82 Å². The number of aromatic nitrogens is 3. The van der Waals surface area contributed by atoms with Crippen LogP contribution in [0.5, 0.6) is 6.01 Å². The zero-order valence-electron chi connectivity index (χ0n) is 12.6. The Morgan fingerprint density at radius 3 is 2.67 bits per heavy atom. The van der Waals surface area contributed by atoms with Gasteiger partial charge >= 0.3 is 6.01 Å². The van der Waals surface area contributed by atoms with Gasteiger partial charge < -0.3 is 19.7 Å². The zero-order valence-corrected chi connectivity index (χ0v) is 12.6. The summed E-state index contributed by atoms with van der Waals surface area (Å²) in [6.07, 6.45) is 1.52. The molecule has 1 aliphatic heterocycles. The minimum atomic E-state index is 0.0100. The van der Waals surface area contributed by atoms with Gasteiger partial charge in [0.2, 0.25) is 11.9 Å². The van der Waals surface area contributed by atoms with Crippen LogP contribution in [-0.2, 0) is 16.1 Å². The Morgan fingerprint density at radius 2 is 2.05 bits per heavy atom. The average Bonchev–Trinajstić information content (AvgIpc) is 2.53. The smallest absolute Gasteiger partial charge is 0.321 e. The van der Waals surface area contributed by atoms with E-state index in [-0.39, 0.29) is 24.4 Å². The number of carbonyl (C=O) groups is 1. The molecule has 0 bridgehead atoms. The molecular weight excluding hydrogens is 274 g/mol. The van der Waals surface area contributed by atoms with Gasteiger partial charge in [-0.1, -0.05) is 0 Å². The molecule has 2 heterocycles. The number of ether oxygens (including phenoxy) is 2. The summed E-state index contributed by atoms with van der Waals surface area (Å²) in [5.74, 6) is 1.00. The number of rotatable bonds is 5. The predicted molar refractivity (Wildman–Crippen MR) is 76.1 cm³/mol. The number of nitrogens with zero attached hydrogens (tertiary/aromatic N) is 4. The third-order valence-corrected chi connectivity index (χ3v) is 3.24. The number of anilines is 1. The molecule has 0 unspecified atom stereocenters. The zero-order chi connectivity index (χ0) is 15.2. The lowest BCUT2D eigenvalue weighted by Crippen LogP contribution is -2.34. The van der Waals surface area contributed by atoms with Crippen LogP contribution in [0.25, 0.3) is 0 Å². The van der Waals surface area contributed by atoms with E-state index in [4.69, 9.17) is 9.47 Å².